The minimum absolute atomic E-state index is 0.840. The maximum atomic E-state index is 5.45. The Bertz CT molecular complexity index is 589. The molecule has 1 saturated heterocycles. The van der Waals surface area contributed by atoms with E-state index in [0.29, 0.717) is 0 Å². The van der Waals surface area contributed by atoms with Crippen LogP contribution in [0.25, 0.3) is 10.2 Å². The molecule has 94 valence electrons. The molecular formula is C13H16N3OS+. The van der Waals surface area contributed by atoms with Crippen LogP contribution in [0.2, 0.25) is 0 Å². The van der Waals surface area contributed by atoms with Crippen molar-refractivity contribution < 1.29 is 9.64 Å². The first kappa shape index (κ1) is 10.8. The fourth-order valence-electron chi connectivity index (χ4n) is 3.05. The lowest BCUT2D eigenvalue weighted by Crippen LogP contribution is -3.09. The summed E-state index contributed by atoms with van der Waals surface area (Å²) in [6.45, 7) is 3.73. The largest absolute Gasteiger partial charge is 0.370 e. The Morgan fingerprint density at radius 3 is 2.94 bits per heavy atom. The Balaban J connectivity index is 1.88. The highest BCUT2D eigenvalue weighted by Gasteiger charge is 2.27. The minimum atomic E-state index is 0.840. The van der Waals surface area contributed by atoms with E-state index in [1.807, 2.05) is 11.3 Å². The molecule has 2 aliphatic rings. The third kappa shape index (κ3) is 1.58. The van der Waals surface area contributed by atoms with Crippen molar-refractivity contribution in [3.63, 3.8) is 0 Å². The van der Waals surface area contributed by atoms with E-state index >= 15 is 0 Å². The van der Waals surface area contributed by atoms with Crippen LogP contribution in [0.3, 0.4) is 0 Å². The van der Waals surface area contributed by atoms with Crippen molar-refractivity contribution in [2.24, 2.45) is 0 Å². The molecule has 18 heavy (non-hydrogen) atoms. The lowest BCUT2D eigenvalue weighted by atomic mass is 10.2. The van der Waals surface area contributed by atoms with Crippen LogP contribution in [-0.2, 0) is 17.6 Å². The van der Waals surface area contributed by atoms with Crippen LogP contribution in [0.1, 0.15) is 16.9 Å². The van der Waals surface area contributed by atoms with Gasteiger partial charge < -0.3 is 4.74 Å². The van der Waals surface area contributed by atoms with Crippen molar-refractivity contribution in [3.8, 4) is 0 Å². The highest BCUT2D eigenvalue weighted by Crippen LogP contribution is 2.38. The number of aromatic nitrogens is 2. The van der Waals surface area contributed by atoms with Gasteiger partial charge in [0.1, 0.15) is 24.2 Å². The predicted octanol–water partition coefficient (Wildman–Crippen LogP) is 0.727. The summed E-state index contributed by atoms with van der Waals surface area (Å²) in [5.74, 6) is 1.21. The summed E-state index contributed by atoms with van der Waals surface area (Å²) >= 11 is 1.87. The standard InChI is InChI=1S/C13H15N3OS/c1-2-9-10(3-1)18-13-11(9)12(14-8-15-13)16-4-6-17-7-5-16/h8H,1-7H2/p+1. The molecule has 3 heterocycles. The van der Waals surface area contributed by atoms with Gasteiger partial charge in [0.2, 0.25) is 5.82 Å². The van der Waals surface area contributed by atoms with Crippen molar-refractivity contribution in [3.05, 3.63) is 16.8 Å². The van der Waals surface area contributed by atoms with Gasteiger partial charge in [-0.3, -0.25) is 4.90 Å². The summed E-state index contributed by atoms with van der Waals surface area (Å²) in [6, 6.07) is 0. The van der Waals surface area contributed by atoms with E-state index in [1.54, 1.807) is 11.2 Å². The van der Waals surface area contributed by atoms with Gasteiger partial charge in [0.25, 0.3) is 0 Å². The summed E-state index contributed by atoms with van der Waals surface area (Å²) in [7, 11) is 0. The van der Waals surface area contributed by atoms with Gasteiger partial charge in [0.15, 0.2) is 0 Å². The number of rotatable bonds is 1. The zero-order valence-electron chi connectivity index (χ0n) is 10.2. The van der Waals surface area contributed by atoms with Gasteiger partial charge in [-0.2, -0.15) is 4.98 Å². The lowest BCUT2D eigenvalue weighted by Gasteiger charge is -2.22. The molecule has 0 saturated carbocycles. The Morgan fingerprint density at radius 1 is 1.17 bits per heavy atom. The molecule has 4 rings (SSSR count). The van der Waals surface area contributed by atoms with Gasteiger partial charge in [0, 0.05) is 4.88 Å². The Kier molecular flexibility index (Phi) is 2.57. The third-order valence-corrected chi connectivity index (χ3v) is 5.13. The maximum absolute atomic E-state index is 5.45. The Hall–Kier alpha value is -1.04. The summed E-state index contributed by atoms with van der Waals surface area (Å²) in [6.07, 6.45) is 5.46. The fourth-order valence-corrected chi connectivity index (χ4v) is 4.28. The number of thiophene rings is 1. The Morgan fingerprint density at radius 2 is 2.06 bits per heavy atom. The van der Waals surface area contributed by atoms with Crippen LogP contribution in [0.5, 0.6) is 0 Å². The molecule has 2 aromatic rings. The first-order valence-electron chi connectivity index (χ1n) is 6.61. The molecule has 4 nitrogen and oxygen atoms in total. The number of fused-ring (bicyclic) bond motifs is 3. The van der Waals surface area contributed by atoms with Crippen LogP contribution >= 0.6 is 11.3 Å². The van der Waals surface area contributed by atoms with Crippen LogP contribution in [-0.4, -0.2) is 36.3 Å². The summed E-state index contributed by atoms with van der Waals surface area (Å²) in [5.41, 5.74) is 1.53. The minimum Gasteiger partial charge on any atom is -0.370 e. The Labute approximate surface area is 110 Å². The average molecular weight is 262 g/mol. The number of ether oxygens (including phenoxy) is 1. The molecule has 0 aromatic carbocycles. The molecule has 1 aliphatic carbocycles. The lowest BCUT2D eigenvalue weighted by molar-refractivity contribution is -0.843. The topological polar surface area (TPSA) is 39.5 Å². The van der Waals surface area contributed by atoms with Crippen LogP contribution in [0, 0.1) is 0 Å². The van der Waals surface area contributed by atoms with Gasteiger partial charge >= 0.3 is 0 Å². The number of nitrogens with zero attached hydrogens (tertiary/aromatic N) is 2. The second-order valence-electron chi connectivity index (χ2n) is 4.98. The zero-order chi connectivity index (χ0) is 11.9. The molecule has 1 aliphatic heterocycles. The molecule has 0 amide bonds. The molecule has 5 heteroatoms. The molecular weight excluding hydrogens is 246 g/mol. The molecule has 0 spiro atoms. The number of hydrogen-bond acceptors (Lipinski definition) is 4. The van der Waals surface area contributed by atoms with Crippen molar-refractivity contribution in [2.75, 3.05) is 26.3 Å². The monoisotopic (exact) mass is 262 g/mol. The van der Waals surface area contributed by atoms with E-state index in [1.165, 1.54) is 45.8 Å². The first-order chi connectivity index (χ1) is 8.93. The summed E-state index contributed by atoms with van der Waals surface area (Å²) in [5, 5.41) is 1.35. The summed E-state index contributed by atoms with van der Waals surface area (Å²) < 4.78 is 5.45. The summed E-state index contributed by atoms with van der Waals surface area (Å²) in [4.78, 5) is 13.2. The van der Waals surface area contributed by atoms with Crippen molar-refractivity contribution >= 4 is 27.4 Å². The second kappa shape index (κ2) is 4.26. The first-order valence-corrected chi connectivity index (χ1v) is 7.43. The normalized spacial score (nSPS) is 20.4. The SMILES string of the molecule is c1nc([NH+]2CCOCC2)c2c3c(sc2n1)CCC3. The molecule has 0 unspecified atom stereocenters. The van der Waals surface area contributed by atoms with Crippen molar-refractivity contribution in [1.82, 2.24) is 9.97 Å². The quantitative estimate of drug-likeness (QED) is 0.823. The molecule has 1 N–H and O–H groups in total. The smallest absolute Gasteiger partial charge is 0.238 e. The van der Waals surface area contributed by atoms with E-state index in [-0.39, 0.29) is 0 Å². The van der Waals surface area contributed by atoms with Gasteiger partial charge in [-0.25, -0.2) is 4.98 Å². The van der Waals surface area contributed by atoms with E-state index < -0.39 is 0 Å². The molecule has 0 bridgehead atoms. The van der Waals surface area contributed by atoms with E-state index in [0.717, 1.165) is 26.3 Å². The van der Waals surface area contributed by atoms with Crippen molar-refractivity contribution in [2.45, 2.75) is 19.3 Å². The van der Waals surface area contributed by atoms with Crippen LogP contribution in [0.4, 0.5) is 5.82 Å². The highest BCUT2D eigenvalue weighted by atomic mass is 32.1. The number of morpholine rings is 1. The van der Waals surface area contributed by atoms with E-state index in [2.05, 4.69) is 9.97 Å². The number of aryl methyl sites for hydroxylation is 2. The number of hydrogen-bond donors (Lipinski definition) is 1. The van der Waals surface area contributed by atoms with Crippen LogP contribution < -0.4 is 4.90 Å². The molecule has 2 aromatic heterocycles. The maximum Gasteiger partial charge on any atom is 0.238 e. The second-order valence-corrected chi connectivity index (χ2v) is 6.06. The highest BCUT2D eigenvalue weighted by molar-refractivity contribution is 7.19. The van der Waals surface area contributed by atoms with E-state index in [9.17, 15) is 0 Å². The van der Waals surface area contributed by atoms with Crippen LogP contribution in [0.15, 0.2) is 6.33 Å². The van der Waals surface area contributed by atoms with E-state index in [4.69, 9.17) is 4.74 Å². The fraction of sp³-hybridized carbons (Fsp3) is 0.538. The van der Waals surface area contributed by atoms with Gasteiger partial charge in [-0.05, 0) is 24.8 Å². The van der Waals surface area contributed by atoms with Gasteiger partial charge in [-0.15, -0.1) is 11.3 Å². The zero-order valence-corrected chi connectivity index (χ0v) is 11.1. The van der Waals surface area contributed by atoms with Gasteiger partial charge in [0.05, 0.1) is 18.6 Å². The molecule has 0 atom stereocenters. The number of quaternary nitrogens is 1. The third-order valence-electron chi connectivity index (χ3n) is 3.93. The van der Waals surface area contributed by atoms with Gasteiger partial charge in [-0.1, -0.05) is 0 Å². The average Bonchev–Trinajstić information content (AvgIpc) is 2.99. The molecule has 0 radical (unpaired) electrons. The van der Waals surface area contributed by atoms with Crippen molar-refractivity contribution in [1.29, 1.82) is 0 Å². The predicted molar refractivity (Wildman–Crippen MR) is 70.6 cm³/mol. The molecule has 1 fully saturated rings. The number of nitrogens with one attached hydrogen (secondary N) is 1.